The lowest BCUT2D eigenvalue weighted by Crippen LogP contribution is -2.44. The number of rotatable bonds is 2. The van der Waals surface area contributed by atoms with Crippen molar-refractivity contribution in [2.75, 3.05) is 18.0 Å². The number of hydrogen-bond donors (Lipinski definition) is 0. The number of halogens is 3. The van der Waals surface area contributed by atoms with Gasteiger partial charge in [0.1, 0.15) is 0 Å². The number of carbonyl (C=O) groups is 1. The van der Waals surface area contributed by atoms with Crippen LogP contribution in [0.1, 0.15) is 12.5 Å². The minimum atomic E-state index is -4.42. The molecule has 0 aromatic heterocycles. The minimum Gasteiger partial charge on any atom is -0.314 e. The summed E-state index contributed by atoms with van der Waals surface area (Å²) in [6.07, 6.45) is 0.878. The van der Waals surface area contributed by atoms with Crippen LogP contribution in [0.3, 0.4) is 0 Å². The number of aliphatic imine (C=N–C) groups is 1. The summed E-state index contributed by atoms with van der Waals surface area (Å²) < 4.78 is 38.5. The molecule has 2 aliphatic heterocycles. The molecular formula is C16H16F3N3O. The van der Waals surface area contributed by atoms with Gasteiger partial charge >= 0.3 is 12.2 Å². The molecule has 7 heteroatoms. The molecule has 0 bridgehead atoms. The van der Waals surface area contributed by atoms with Crippen molar-refractivity contribution in [2.45, 2.75) is 19.1 Å². The predicted octanol–water partition coefficient (Wildman–Crippen LogP) is 3.55. The van der Waals surface area contributed by atoms with Gasteiger partial charge in [-0.2, -0.15) is 13.2 Å². The number of hydrogen-bond acceptors (Lipinski definition) is 2. The Morgan fingerprint density at radius 3 is 2.74 bits per heavy atom. The van der Waals surface area contributed by atoms with Gasteiger partial charge in [0.25, 0.3) is 0 Å². The first-order chi connectivity index (χ1) is 10.9. The van der Waals surface area contributed by atoms with Gasteiger partial charge in [-0.15, -0.1) is 0 Å². The lowest BCUT2D eigenvalue weighted by Gasteiger charge is -2.29. The molecule has 2 aliphatic rings. The summed E-state index contributed by atoms with van der Waals surface area (Å²) in [6, 6.07) is 4.41. The average molecular weight is 323 g/mol. The second-order valence-corrected chi connectivity index (χ2v) is 5.67. The third-order valence-corrected chi connectivity index (χ3v) is 4.14. The molecule has 3 rings (SSSR count). The van der Waals surface area contributed by atoms with E-state index in [-0.39, 0.29) is 23.7 Å². The van der Waals surface area contributed by atoms with Crippen molar-refractivity contribution in [3.8, 4) is 0 Å². The smallest absolute Gasteiger partial charge is 0.314 e. The topological polar surface area (TPSA) is 35.9 Å². The SMILES string of the molecule is CC1C=CN=CC1N1CCN(c2cccc(C(F)(F)F)c2)C1=O. The lowest BCUT2D eigenvalue weighted by molar-refractivity contribution is -0.137. The van der Waals surface area contributed by atoms with E-state index in [2.05, 4.69) is 4.99 Å². The molecule has 0 aliphatic carbocycles. The van der Waals surface area contributed by atoms with Crippen LogP contribution in [-0.2, 0) is 6.18 Å². The quantitative estimate of drug-likeness (QED) is 0.820. The molecule has 4 nitrogen and oxygen atoms in total. The normalized spacial score (nSPS) is 24.6. The maximum absolute atomic E-state index is 12.8. The first-order valence-electron chi connectivity index (χ1n) is 7.33. The molecule has 0 spiro atoms. The monoisotopic (exact) mass is 323 g/mol. The lowest BCUT2D eigenvalue weighted by atomic mass is 10.0. The van der Waals surface area contributed by atoms with Gasteiger partial charge in [-0.05, 0) is 18.2 Å². The van der Waals surface area contributed by atoms with Gasteiger partial charge in [-0.3, -0.25) is 9.89 Å². The van der Waals surface area contributed by atoms with Gasteiger partial charge in [-0.25, -0.2) is 4.79 Å². The number of anilines is 1. The van der Waals surface area contributed by atoms with Crippen LogP contribution < -0.4 is 4.90 Å². The van der Waals surface area contributed by atoms with Gasteiger partial charge in [-0.1, -0.05) is 19.1 Å². The van der Waals surface area contributed by atoms with Crippen LogP contribution >= 0.6 is 0 Å². The summed E-state index contributed by atoms with van der Waals surface area (Å²) in [4.78, 5) is 19.7. The fraction of sp³-hybridized carbons (Fsp3) is 0.375. The van der Waals surface area contributed by atoms with Gasteiger partial charge in [0.05, 0.1) is 11.6 Å². The molecule has 2 unspecified atom stereocenters. The van der Waals surface area contributed by atoms with Gasteiger partial charge < -0.3 is 4.90 Å². The standard InChI is InChI=1S/C16H16F3N3O/c1-11-5-6-20-10-14(11)22-8-7-21(15(22)23)13-4-2-3-12(9-13)16(17,18)19/h2-6,9-11,14H,7-8H2,1H3. The first-order valence-corrected chi connectivity index (χ1v) is 7.33. The van der Waals surface area contributed by atoms with Crippen molar-refractivity contribution < 1.29 is 18.0 Å². The largest absolute Gasteiger partial charge is 0.416 e. The fourth-order valence-electron chi connectivity index (χ4n) is 2.86. The summed E-state index contributed by atoms with van der Waals surface area (Å²) in [7, 11) is 0. The van der Waals surface area contributed by atoms with Crippen LogP contribution in [0.25, 0.3) is 0 Å². The third kappa shape index (κ3) is 2.95. The van der Waals surface area contributed by atoms with Crippen molar-refractivity contribution in [1.29, 1.82) is 0 Å². The maximum Gasteiger partial charge on any atom is 0.416 e. The van der Waals surface area contributed by atoms with E-state index in [1.54, 1.807) is 17.3 Å². The van der Waals surface area contributed by atoms with Crippen molar-refractivity contribution in [2.24, 2.45) is 10.9 Å². The molecule has 2 atom stereocenters. The molecule has 1 aromatic rings. The van der Waals surface area contributed by atoms with E-state index >= 15 is 0 Å². The van der Waals surface area contributed by atoms with Crippen LogP contribution in [0.4, 0.5) is 23.7 Å². The summed E-state index contributed by atoms with van der Waals surface area (Å²) in [5.74, 6) is 0.123. The van der Waals surface area contributed by atoms with E-state index < -0.39 is 11.7 Å². The molecule has 2 amide bonds. The molecule has 23 heavy (non-hydrogen) atoms. The molecule has 0 radical (unpaired) electrons. The Bertz CT molecular complexity index is 669. The molecule has 2 heterocycles. The summed E-state index contributed by atoms with van der Waals surface area (Å²) in [5.41, 5.74) is -0.486. The molecular weight excluding hydrogens is 307 g/mol. The highest BCUT2D eigenvalue weighted by atomic mass is 19.4. The zero-order valence-corrected chi connectivity index (χ0v) is 12.5. The van der Waals surface area contributed by atoms with Gasteiger partial charge in [0, 0.05) is 37.1 Å². The number of alkyl halides is 3. The van der Waals surface area contributed by atoms with E-state index in [9.17, 15) is 18.0 Å². The van der Waals surface area contributed by atoms with E-state index in [0.29, 0.717) is 13.1 Å². The van der Waals surface area contributed by atoms with Gasteiger partial charge in [0.15, 0.2) is 0 Å². The average Bonchev–Trinajstić information content (AvgIpc) is 2.89. The molecule has 122 valence electrons. The fourth-order valence-corrected chi connectivity index (χ4v) is 2.86. The number of carbonyl (C=O) groups excluding carboxylic acids is 1. The molecule has 0 saturated carbocycles. The summed E-state index contributed by atoms with van der Waals surface area (Å²) in [5, 5.41) is 0. The Balaban J connectivity index is 1.82. The molecule has 1 aromatic carbocycles. The summed E-state index contributed by atoms with van der Waals surface area (Å²) >= 11 is 0. The Morgan fingerprint density at radius 1 is 1.26 bits per heavy atom. The molecule has 1 fully saturated rings. The first kappa shape index (κ1) is 15.6. The van der Waals surface area contributed by atoms with Crippen molar-refractivity contribution in [3.63, 3.8) is 0 Å². The number of amides is 2. The second-order valence-electron chi connectivity index (χ2n) is 5.67. The zero-order chi connectivity index (χ0) is 16.6. The maximum atomic E-state index is 12.8. The Morgan fingerprint density at radius 2 is 2.04 bits per heavy atom. The van der Waals surface area contributed by atoms with Crippen LogP contribution in [-0.4, -0.2) is 36.3 Å². The number of urea groups is 1. The van der Waals surface area contributed by atoms with Crippen LogP contribution in [0.15, 0.2) is 41.5 Å². The van der Waals surface area contributed by atoms with Gasteiger partial charge in [0.2, 0.25) is 0 Å². The highest BCUT2D eigenvalue weighted by Gasteiger charge is 2.37. The molecule has 0 N–H and O–H groups in total. The summed E-state index contributed by atoms with van der Waals surface area (Å²) in [6.45, 7) is 2.80. The van der Waals surface area contributed by atoms with Crippen molar-refractivity contribution in [1.82, 2.24) is 4.90 Å². The Labute approximate surface area is 131 Å². The molecule has 1 saturated heterocycles. The van der Waals surface area contributed by atoms with Crippen LogP contribution in [0.5, 0.6) is 0 Å². The van der Waals surface area contributed by atoms with E-state index in [1.165, 1.54) is 17.0 Å². The minimum absolute atomic E-state index is 0.123. The van der Waals surface area contributed by atoms with E-state index in [4.69, 9.17) is 0 Å². The van der Waals surface area contributed by atoms with E-state index in [1.807, 2.05) is 13.0 Å². The van der Waals surface area contributed by atoms with Crippen LogP contribution in [0.2, 0.25) is 0 Å². The third-order valence-electron chi connectivity index (χ3n) is 4.14. The van der Waals surface area contributed by atoms with Crippen molar-refractivity contribution >= 4 is 17.9 Å². The predicted molar refractivity (Wildman–Crippen MR) is 81.5 cm³/mol. The Kier molecular flexibility index (Phi) is 3.87. The number of benzene rings is 1. The highest BCUT2D eigenvalue weighted by molar-refractivity contribution is 5.96. The zero-order valence-electron chi connectivity index (χ0n) is 12.5. The van der Waals surface area contributed by atoms with E-state index in [0.717, 1.165) is 12.1 Å². The Hall–Kier alpha value is -2.31. The van der Waals surface area contributed by atoms with Crippen LogP contribution in [0, 0.1) is 5.92 Å². The number of nitrogens with zero attached hydrogens (tertiary/aromatic N) is 3. The van der Waals surface area contributed by atoms with Crippen molar-refractivity contribution in [3.05, 3.63) is 42.1 Å². The second kappa shape index (κ2) is 5.72. The highest BCUT2D eigenvalue weighted by Crippen LogP contribution is 2.33.